The first-order valence-corrected chi connectivity index (χ1v) is 6.00. The average Bonchev–Trinajstić information content (AvgIpc) is 2.45. The molecule has 0 aromatic heterocycles. The lowest BCUT2D eigenvalue weighted by Crippen LogP contribution is -1.88. The Morgan fingerprint density at radius 3 is 2.37 bits per heavy atom. The summed E-state index contributed by atoms with van der Waals surface area (Å²) < 4.78 is 10.6. The van der Waals surface area contributed by atoms with Gasteiger partial charge in [0.2, 0.25) is 0 Å². The van der Waals surface area contributed by atoms with Crippen molar-refractivity contribution in [3.63, 3.8) is 0 Å². The molecule has 0 unspecified atom stereocenters. The molecule has 3 aromatic carbocycles. The molecule has 0 aliphatic rings. The van der Waals surface area contributed by atoms with Crippen LogP contribution in [0.3, 0.4) is 0 Å². The summed E-state index contributed by atoms with van der Waals surface area (Å²) in [6, 6.07) is 13.3. The van der Waals surface area contributed by atoms with E-state index in [-0.39, 0.29) is 5.75 Å². The van der Waals surface area contributed by atoms with Crippen molar-refractivity contribution in [2.75, 3.05) is 14.2 Å². The highest BCUT2D eigenvalue weighted by Gasteiger charge is 2.09. The largest absolute Gasteiger partial charge is 0.508 e. The lowest BCUT2D eigenvalue weighted by atomic mass is 10.0. The van der Waals surface area contributed by atoms with Gasteiger partial charge in [-0.2, -0.15) is 0 Å². The molecule has 0 aliphatic carbocycles. The zero-order valence-electron chi connectivity index (χ0n) is 10.8. The Labute approximate surface area is 111 Å². The second-order valence-electron chi connectivity index (χ2n) is 4.40. The molecule has 3 heteroatoms. The summed E-state index contributed by atoms with van der Waals surface area (Å²) in [4.78, 5) is 0. The van der Waals surface area contributed by atoms with Crippen molar-refractivity contribution in [3.05, 3.63) is 42.5 Å². The van der Waals surface area contributed by atoms with Crippen LogP contribution in [-0.2, 0) is 0 Å². The normalized spacial score (nSPS) is 10.8. The highest BCUT2D eigenvalue weighted by Crippen LogP contribution is 2.36. The molecule has 0 heterocycles. The van der Waals surface area contributed by atoms with Crippen LogP contribution in [0, 0.1) is 0 Å². The predicted octanol–water partition coefficient (Wildman–Crippen LogP) is 3.72. The van der Waals surface area contributed by atoms with Crippen LogP contribution >= 0.6 is 0 Å². The van der Waals surface area contributed by atoms with Crippen molar-refractivity contribution in [2.45, 2.75) is 0 Å². The number of fused-ring (bicyclic) bond motifs is 3. The minimum atomic E-state index is 0.206. The number of hydrogen-bond donors (Lipinski definition) is 1. The van der Waals surface area contributed by atoms with Crippen LogP contribution in [0.5, 0.6) is 17.2 Å². The molecule has 0 aliphatic heterocycles. The Morgan fingerprint density at radius 1 is 0.842 bits per heavy atom. The molecular weight excluding hydrogens is 240 g/mol. The molecule has 0 fully saturated rings. The van der Waals surface area contributed by atoms with Crippen molar-refractivity contribution in [1.29, 1.82) is 0 Å². The SMILES string of the molecule is COc1ccc2c(ccc3cc(O)cc(OC)c32)c1. The summed E-state index contributed by atoms with van der Waals surface area (Å²) in [6.07, 6.45) is 0. The number of ether oxygens (including phenoxy) is 2. The van der Waals surface area contributed by atoms with Gasteiger partial charge in [-0.15, -0.1) is 0 Å². The molecule has 0 saturated carbocycles. The van der Waals surface area contributed by atoms with E-state index in [1.165, 1.54) is 0 Å². The monoisotopic (exact) mass is 254 g/mol. The van der Waals surface area contributed by atoms with E-state index < -0.39 is 0 Å². The van der Waals surface area contributed by atoms with Crippen molar-refractivity contribution in [2.24, 2.45) is 0 Å². The maximum Gasteiger partial charge on any atom is 0.130 e. The molecule has 0 atom stereocenters. The molecule has 1 N–H and O–H groups in total. The average molecular weight is 254 g/mol. The molecule has 0 spiro atoms. The summed E-state index contributed by atoms with van der Waals surface area (Å²) >= 11 is 0. The summed E-state index contributed by atoms with van der Waals surface area (Å²) in [6.45, 7) is 0. The fourth-order valence-corrected chi connectivity index (χ4v) is 2.42. The molecule has 0 amide bonds. The number of phenolic OH excluding ortho intramolecular Hbond substituents is 1. The van der Waals surface area contributed by atoms with E-state index in [1.54, 1.807) is 26.4 Å². The quantitative estimate of drug-likeness (QED) is 0.708. The van der Waals surface area contributed by atoms with Gasteiger partial charge in [0.25, 0.3) is 0 Å². The third-order valence-corrected chi connectivity index (χ3v) is 3.31. The van der Waals surface area contributed by atoms with E-state index in [1.807, 2.05) is 30.3 Å². The van der Waals surface area contributed by atoms with Crippen LogP contribution in [-0.4, -0.2) is 19.3 Å². The first-order chi connectivity index (χ1) is 9.22. The molecule has 96 valence electrons. The molecule has 0 saturated heterocycles. The Morgan fingerprint density at radius 2 is 1.63 bits per heavy atom. The number of rotatable bonds is 2. The van der Waals surface area contributed by atoms with Crippen molar-refractivity contribution >= 4 is 21.5 Å². The van der Waals surface area contributed by atoms with Crippen LogP contribution in [0.2, 0.25) is 0 Å². The van der Waals surface area contributed by atoms with Gasteiger partial charge >= 0.3 is 0 Å². The Balaban J connectivity index is 2.44. The summed E-state index contributed by atoms with van der Waals surface area (Å²) in [5.41, 5.74) is 0. The minimum absolute atomic E-state index is 0.206. The third kappa shape index (κ3) is 1.83. The van der Waals surface area contributed by atoms with Gasteiger partial charge < -0.3 is 14.6 Å². The first-order valence-electron chi connectivity index (χ1n) is 6.00. The number of benzene rings is 3. The highest BCUT2D eigenvalue weighted by molar-refractivity contribution is 6.11. The standard InChI is InChI=1S/C16H14O3/c1-18-13-5-6-14-10(8-13)3-4-11-7-12(17)9-15(19-2)16(11)14/h3-9,17H,1-2H3. The van der Waals surface area contributed by atoms with E-state index in [9.17, 15) is 5.11 Å². The molecule has 19 heavy (non-hydrogen) atoms. The fraction of sp³-hybridized carbons (Fsp3) is 0.125. The third-order valence-electron chi connectivity index (χ3n) is 3.31. The van der Waals surface area contributed by atoms with Crippen LogP contribution in [0.25, 0.3) is 21.5 Å². The maximum atomic E-state index is 9.70. The van der Waals surface area contributed by atoms with E-state index >= 15 is 0 Å². The number of methoxy groups -OCH3 is 2. The zero-order valence-corrected chi connectivity index (χ0v) is 10.8. The lowest BCUT2D eigenvalue weighted by molar-refractivity contribution is 0.413. The van der Waals surface area contributed by atoms with Gasteiger partial charge in [0.1, 0.15) is 17.2 Å². The fourth-order valence-electron chi connectivity index (χ4n) is 2.42. The van der Waals surface area contributed by atoms with Gasteiger partial charge in [-0.25, -0.2) is 0 Å². The minimum Gasteiger partial charge on any atom is -0.508 e. The molecule has 0 bridgehead atoms. The predicted molar refractivity (Wildman–Crippen MR) is 76.2 cm³/mol. The Kier molecular flexibility index (Phi) is 2.67. The van der Waals surface area contributed by atoms with Gasteiger partial charge in [0.05, 0.1) is 14.2 Å². The Hall–Kier alpha value is -2.42. The zero-order chi connectivity index (χ0) is 13.4. The van der Waals surface area contributed by atoms with Crippen molar-refractivity contribution in [1.82, 2.24) is 0 Å². The van der Waals surface area contributed by atoms with Crippen LogP contribution in [0.1, 0.15) is 0 Å². The molecule has 3 nitrogen and oxygen atoms in total. The topological polar surface area (TPSA) is 38.7 Å². The molecule has 3 aromatic rings. The van der Waals surface area contributed by atoms with E-state index in [0.717, 1.165) is 27.3 Å². The van der Waals surface area contributed by atoms with Gasteiger partial charge in [0, 0.05) is 11.5 Å². The van der Waals surface area contributed by atoms with Gasteiger partial charge in [-0.05, 0) is 40.4 Å². The highest BCUT2D eigenvalue weighted by atomic mass is 16.5. The van der Waals surface area contributed by atoms with E-state index in [4.69, 9.17) is 9.47 Å². The van der Waals surface area contributed by atoms with Crippen molar-refractivity contribution in [3.8, 4) is 17.2 Å². The number of phenols is 1. The van der Waals surface area contributed by atoms with E-state index in [2.05, 4.69) is 0 Å². The Bertz CT molecular complexity index is 763. The summed E-state index contributed by atoms with van der Waals surface area (Å²) in [5.74, 6) is 1.70. The van der Waals surface area contributed by atoms with Crippen LogP contribution in [0.4, 0.5) is 0 Å². The molecular formula is C16H14O3. The van der Waals surface area contributed by atoms with Gasteiger partial charge in [0.15, 0.2) is 0 Å². The molecule has 0 radical (unpaired) electrons. The summed E-state index contributed by atoms with van der Waals surface area (Å²) in [7, 11) is 3.26. The second kappa shape index (κ2) is 4.35. The maximum absolute atomic E-state index is 9.70. The second-order valence-corrected chi connectivity index (χ2v) is 4.40. The smallest absolute Gasteiger partial charge is 0.130 e. The van der Waals surface area contributed by atoms with Gasteiger partial charge in [-0.3, -0.25) is 0 Å². The van der Waals surface area contributed by atoms with E-state index in [0.29, 0.717) is 5.75 Å². The van der Waals surface area contributed by atoms with Crippen LogP contribution in [0.15, 0.2) is 42.5 Å². The molecule has 3 rings (SSSR count). The number of hydrogen-bond acceptors (Lipinski definition) is 3. The first kappa shape index (κ1) is 11.7. The lowest BCUT2D eigenvalue weighted by Gasteiger charge is -2.10. The van der Waals surface area contributed by atoms with Crippen molar-refractivity contribution < 1.29 is 14.6 Å². The number of aromatic hydroxyl groups is 1. The van der Waals surface area contributed by atoms with Crippen LogP contribution < -0.4 is 9.47 Å². The summed E-state index contributed by atoms with van der Waals surface area (Å²) in [5, 5.41) is 13.8. The van der Waals surface area contributed by atoms with Gasteiger partial charge in [-0.1, -0.05) is 12.1 Å².